The van der Waals surface area contributed by atoms with E-state index in [1.54, 1.807) is 0 Å². The molecule has 1 aliphatic carbocycles. The molecule has 0 heterocycles. The van der Waals surface area contributed by atoms with Crippen molar-refractivity contribution in [2.45, 2.75) is 31.7 Å². The van der Waals surface area contributed by atoms with Crippen molar-refractivity contribution in [2.24, 2.45) is 11.7 Å². The Balaban J connectivity index is 2.14. The first-order valence-electron chi connectivity index (χ1n) is 6.68. The van der Waals surface area contributed by atoms with Gasteiger partial charge in [-0.2, -0.15) is 0 Å². The smallest absolute Gasteiger partial charge is 0.257 e. The van der Waals surface area contributed by atoms with Crippen LogP contribution < -0.4 is 11.1 Å². The summed E-state index contributed by atoms with van der Waals surface area (Å²) in [6.45, 7) is 0.209. The van der Waals surface area contributed by atoms with Gasteiger partial charge in [0.05, 0.1) is 0 Å². The molecule has 1 unspecified atom stereocenters. The van der Waals surface area contributed by atoms with Crippen molar-refractivity contribution in [3.63, 3.8) is 0 Å². The summed E-state index contributed by atoms with van der Waals surface area (Å²) in [5.74, 6) is -4.12. The first-order chi connectivity index (χ1) is 9.52. The molecule has 1 saturated carbocycles. The number of carbonyl (C=O) groups excluding carboxylic acids is 1. The summed E-state index contributed by atoms with van der Waals surface area (Å²) in [5.41, 5.74) is 4.86. The van der Waals surface area contributed by atoms with E-state index in [2.05, 4.69) is 5.32 Å². The Morgan fingerprint density at radius 3 is 2.30 bits per heavy atom. The number of nitrogens with two attached hydrogens (primary N) is 1. The molecule has 0 aliphatic heterocycles. The summed E-state index contributed by atoms with van der Waals surface area (Å²) in [6, 6.07) is 0.671. The van der Waals surface area contributed by atoms with E-state index in [0.717, 1.165) is 25.7 Å². The molecule has 1 amide bonds. The lowest BCUT2D eigenvalue weighted by Gasteiger charge is -2.23. The Morgan fingerprint density at radius 2 is 1.80 bits per heavy atom. The Kier molecular flexibility index (Phi) is 4.65. The number of hydrogen-bond donors (Lipinski definition) is 2. The molecule has 1 atom stereocenters. The van der Waals surface area contributed by atoms with Gasteiger partial charge in [0.1, 0.15) is 23.0 Å². The first kappa shape index (κ1) is 14.8. The second-order valence-corrected chi connectivity index (χ2v) is 5.10. The van der Waals surface area contributed by atoms with Crippen LogP contribution in [0.2, 0.25) is 0 Å². The number of hydrogen-bond acceptors (Lipinski definition) is 2. The highest BCUT2D eigenvalue weighted by Gasteiger charge is 2.27. The number of benzene rings is 1. The minimum atomic E-state index is -1.21. The van der Waals surface area contributed by atoms with Crippen LogP contribution in [0.1, 0.15) is 36.0 Å². The van der Waals surface area contributed by atoms with E-state index >= 15 is 0 Å². The molecule has 6 heteroatoms. The zero-order valence-corrected chi connectivity index (χ0v) is 11.0. The molecule has 0 bridgehead atoms. The highest BCUT2D eigenvalue weighted by Crippen LogP contribution is 2.27. The maximum Gasteiger partial charge on any atom is 0.257 e. The van der Waals surface area contributed by atoms with E-state index < -0.39 is 28.9 Å². The Hall–Kier alpha value is -1.56. The molecular weight excluding hydrogens is 269 g/mol. The maximum atomic E-state index is 13.5. The van der Waals surface area contributed by atoms with Gasteiger partial charge in [-0.25, -0.2) is 13.2 Å². The quantitative estimate of drug-likeness (QED) is 0.892. The average Bonchev–Trinajstić information content (AvgIpc) is 2.88. The number of halogens is 3. The van der Waals surface area contributed by atoms with Crippen LogP contribution in [0.3, 0.4) is 0 Å². The zero-order chi connectivity index (χ0) is 14.7. The van der Waals surface area contributed by atoms with Gasteiger partial charge in [0, 0.05) is 24.7 Å². The van der Waals surface area contributed by atoms with Gasteiger partial charge in [0.2, 0.25) is 0 Å². The molecule has 20 heavy (non-hydrogen) atoms. The van der Waals surface area contributed by atoms with E-state index in [1.807, 2.05) is 0 Å². The fourth-order valence-electron chi connectivity index (χ4n) is 2.73. The Morgan fingerprint density at radius 1 is 1.25 bits per heavy atom. The van der Waals surface area contributed by atoms with E-state index in [1.165, 1.54) is 0 Å². The molecule has 0 saturated heterocycles. The van der Waals surface area contributed by atoms with Crippen molar-refractivity contribution >= 4 is 5.91 Å². The van der Waals surface area contributed by atoms with E-state index in [-0.39, 0.29) is 18.5 Å². The standard InChI is InChI=1S/C14H17F3N2O/c15-9-5-10(16)13(11(17)6-9)14(20)19-12(7-18)8-3-1-2-4-8/h5-6,8,12H,1-4,7,18H2,(H,19,20). The van der Waals surface area contributed by atoms with Crippen molar-refractivity contribution in [3.05, 3.63) is 35.1 Å². The molecule has 0 aromatic heterocycles. The number of nitrogens with one attached hydrogen (secondary N) is 1. The van der Waals surface area contributed by atoms with Crippen LogP contribution in [-0.4, -0.2) is 18.5 Å². The molecule has 110 valence electrons. The molecule has 3 nitrogen and oxygen atoms in total. The normalized spacial score (nSPS) is 17.2. The van der Waals surface area contributed by atoms with Crippen molar-refractivity contribution < 1.29 is 18.0 Å². The number of amides is 1. The van der Waals surface area contributed by atoms with Crippen molar-refractivity contribution in [3.8, 4) is 0 Å². The molecule has 2 rings (SSSR count). The van der Waals surface area contributed by atoms with Crippen LogP contribution in [0.4, 0.5) is 13.2 Å². The fraction of sp³-hybridized carbons (Fsp3) is 0.500. The molecule has 0 radical (unpaired) electrons. The van der Waals surface area contributed by atoms with Crippen molar-refractivity contribution in [1.29, 1.82) is 0 Å². The third-order valence-corrected chi connectivity index (χ3v) is 3.77. The fourth-order valence-corrected chi connectivity index (χ4v) is 2.73. The molecule has 1 fully saturated rings. The zero-order valence-electron chi connectivity index (χ0n) is 11.0. The Labute approximate surface area is 115 Å². The first-order valence-corrected chi connectivity index (χ1v) is 6.68. The topological polar surface area (TPSA) is 55.1 Å². The van der Waals surface area contributed by atoms with Crippen molar-refractivity contribution in [1.82, 2.24) is 5.32 Å². The summed E-state index contributed by atoms with van der Waals surface area (Å²) < 4.78 is 39.9. The van der Waals surface area contributed by atoms with E-state index in [4.69, 9.17) is 5.73 Å². The lowest BCUT2D eigenvalue weighted by molar-refractivity contribution is 0.0915. The van der Waals surface area contributed by atoms with Gasteiger partial charge in [-0.3, -0.25) is 4.79 Å². The summed E-state index contributed by atoms with van der Waals surface area (Å²) >= 11 is 0. The molecule has 1 aliphatic rings. The van der Waals surface area contributed by atoms with Gasteiger partial charge in [0.15, 0.2) is 0 Å². The summed E-state index contributed by atoms with van der Waals surface area (Å²) in [6.07, 6.45) is 4.01. The van der Waals surface area contributed by atoms with Gasteiger partial charge >= 0.3 is 0 Å². The van der Waals surface area contributed by atoms with Crippen LogP contribution in [-0.2, 0) is 0 Å². The molecular formula is C14H17F3N2O. The predicted molar refractivity (Wildman–Crippen MR) is 68.6 cm³/mol. The maximum absolute atomic E-state index is 13.5. The monoisotopic (exact) mass is 286 g/mol. The lowest BCUT2D eigenvalue weighted by Crippen LogP contribution is -2.45. The molecule has 1 aromatic carbocycles. The van der Waals surface area contributed by atoms with Gasteiger partial charge < -0.3 is 11.1 Å². The molecule has 1 aromatic rings. The number of rotatable bonds is 4. The van der Waals surface area contributed by atoms with Crippen LogP contribution in [0, 0.1) is 23.4 Å². The van der Waals surface area contributed by atoms with E-state index in [0.29, 0.717) is 12.1 Å². The lowest BCUT2D eigenvalue weighted by atomic mass is 9.97. The highest BCUT2D eigenvalue weighted by molar-refractivity contribution is 5.95. The SMILES string of the molecule is NCC(NC(=O)c1c(F)cc(F)cc1F)C1CCCC1. The number of carbonyl (C=O) groups is 1. The van der Waals surface area contributed by atoms with Crippen LogP contribution in [0.25, 0.3) is 0 Å². The second kappa shape index (κ2) is 6.26. The van der Waals surface area contributed by atoms with Gasteiger partial charge in [0.25, 0.3) is 5.91 Å². The van der Waals surface area contributed by atoms with Crippen LogP contribution >= 0.6 is 0 Å². The molecule has 3 N–H and O–H groups in total. The average molecular weight is 286 g/mol. The highest BCUT2D eigenvalue weighted by atomic mass is 19.1. The van der Waals surface area contributed by atoms with Gasteiger partial charge in [-0.15, -0.1) is 0 Å². The predicted octanol–water partition coefficient (Wildman–Crippen LogP) is 2.35. The third-order valence-electron chi connectivity index (χ3n) is 3.77. The second-order valence-electron chi connectivity index (χ2n) is 5.10. The van der Waals surface area contributed by atoms with Crippen LogP contribution in [0.5, 0.6) is 0 Å². The van der Waals surface area contributed by atoms with Crippen LogP contribution in [0.15, 0.2) is 12.1 Å². The van der Waals surface area contributed by atoms with Gasteiger partial charge in [-0.05, 0) is 18.8 Å². The minimum absolute atomic E-state index is 0.209. The van der Waals surface area contributed by atoms with Crippen molar-refractivity contribution in [2.75, 3.05) is 6.54 Å². The summed E-state index contributed by atoms with van der Waals surface area (Å²) in [4.78, 5) is 12.0. The van der Waals surface area contributed by atoms with Gasteiger partial charge in [-0.1, -0.05) is 12.8 Å². The largest absolute Gasteiger partial charge is 0.348 e. The summed E-state index contributed by atoms with van der Waals surface area (Å²) in [7, 11) is 0. The third kappa shape index (κ3) is 3.12. The minimum Gasteiger partial charge on any atom is -0.348 e. The summed E-state index contributed by atoms with van der Waals surface area (Å²) in [5, 5.41) is 2.56. The van der Waals surface area contributed by atoms with E-state index in [9.17, 15) is 18.0 Å². The molecule has 0 spiro atoms. The Bertz CT molecular complexity index is 478.